The molecule has 0 amide bonds. The molecule has 4 atom stereocenters. The zero-order chi connectivity index (χ0) is 18.1. The molecule has 0 aromatic rings. The average molecular weight is 340 g/mol. The highest BCUT2D eigenvalue weighted by Gasteiger charge is 2.32. The summed E-state index contributed by atoms with van der Waals surface area (Å²) in [4.78, 5) is 32.9. The molecule has 24 heavy (non-hydrogen) atoms. The Morgan fingerprint density at radius 2 is 1.79 bits per heavy atom. The second-order valence-corrected chi connectivity index (χ2v) is 4.90. The molecule has 0 saturated heterocycles. The van der Waals surface area contributed by atoms with Crippen LogP contribution in [0.1, 0.15) is 20.8 Å². The Balaban J connectivity index is 2.69. The molecule has 132 valence electrons. The van der Waals surface area contributed by atoms with Crippen molar-refractivity contribution in [3.63, 3.8) is 0 Å². The molecule has 0 N–H and O–H groups in total. The molecule has 0 aliphatic carbocycles. The summed E-state index contributed by atoms with van der Waals surface area (Å²) in [6.07, 6.45) is 5.23. The van der Waals surface area contributed by atoms with Gasteiger partial charge in [0.2, 0.25) is 0 Å². The Hall–Kier alpha value is -2.37. The van der Waals surface area contributed by atoms with Gasteiger partial charge in [0, 0.05) is 20.8 Å². The molecule has 0 aromatic carbocycles. The average Bonchev–Trinajstić information content (AvgIpc) is 2.50. The van der Waals surface area contributed by atoms with Gasteiger partial charge in [0.15, 0.2) is 12.4 Å². The van der Waals surface area contributed by atoms with E-state index in [0.29, 0.717) is 0 Å². The van der Waals surface area contributed by atoms with Crippen molar-refractivity contribution in [3.05, 3.63) is 12.2 Å². The van der Waals surface area contributed by atoms with Gasteiger partial charge < -0.3 is 23.7 Å². The van der Waals surface area contributed by atoms with Crippen LogP contribution in [-0.4, -0.2) is 55.7 Å². The summed E-state index contributed by atoms with van der Waals surface area (Å²) in [7, 11) is 0. The summed E-state index contributed by atoms with van der Waals surface area (Å²) >= 11 is 0. The van der Waals surface area contributed by atoms with Crippen molar-refractivity contribution in [2.45, 2.75) is 45.4 Å². The second kappa shape index (κ2) is 9.70. The molecule has 0 aromatic heterocycles. The molecule has 1 aliphatic rings. The van der Waals surface area contributed by atoms with Gasteiger partial charge in [0.05, 0.1) is 0 Å². The van der Waals surface area contributed by atoms with Gasteiger partial charge in [-0.2, -0.15) is 0 Å². The Kier molecular flexibility index (Phi) is 7.95. The molecule has 8 heteroatoms. The van der Waals surface area contributed by atoms with Crippen LogP contribution >= 0.6 is 0 Å². The standard InChI is InChI=1S/C16H20O8/c1-5-13(8-20-10(2)17)23-16-7-6-14(22-12(4)19)15(24-16)9-21-11(3)18/h1,6-7,13-16H,8-9H2,2-4H3/t13?,14-,15?,16-/m0/s1. The third-order valence-electron chi connectivity index (χ3n) is 2.81. The number of carbonyl (C=O) groups is 3. The van der Waals surface area contributed by atoms with Crippen LogP contribution in [0.2, 0.25) is 0 Å². The Morgan fingerprint density at radius 3 is 2.33 bits per heavy atom. The van der Waals surface area contributed by atoms with Gasteiger partial charge in [-0.15, -0.1) is 6.42 Å². The fourth-order valence-corrected chi connectivity index (χ4v) is 1.82. The number of esters is 3. The van der Waals surface area contributed by atoms with E-state index < -0.39 is 42.5 Å². The Morgan fingerprint density at radius 1 is 1.12 bits per heavy atom. The zero-order valence-corrected chi connectivity index (χ0v) is 13.7. The summed E-state index contributed by atoms with van der Waals surface area (Å²) < 4.78 is 25.8. The number of terminal acetylenes is 1. The highest BCUT2D eigenvalue weighted by Crippen LogP contribution is 2.19. The van der Waals surface area contributed by atoms with Crippen LogP contribution in [0.15, 0.2) is 12.2 Å². The quantitative estimate of drug-likeness (QED) is 0.283. The SMILES string of the molecule is C#CC(COC(C)=O)O[C@@H]1C=C[C@H](OC(C)=O)C(COC(C)=O)O1. The van der Waals surface area contributed by atoms with Gasteiger partial charge in [-0.3, -0.25) is 14.4 Å². The molecule has 0 spiro atoms. The van der Waals surface area contributed by atoms with Crippen LogP contribution in [0.5, 0.6) is 0 Å². The van der Waals surface area contributed by atoms with Gasteiger partial charge in [0.1, 0.15) is 25.4 Å². The first-order valence-electron chi connectivity index (χ1n) is 7.21. The molecule has 0 fully saturated rings. The van der Waals surface area contributed by atoms with Crippen LogP contribution < -0.4 is 0 Å². The summed E-state index contributed by atoms with van der Waals surface area (Å²) in [5.41, 5.74) is 0. The van der Waals surface area contributed by atoms with Crippen LogP contribution in [0.3, 0.4) is 0 Å². The minimum Gasteiger partial charge on any atom is -0.463 e. The lowest BCUT2D eigenvalue weighted by atomic mass is 10.1. The number of hydrogen-bond acceptors (Lipinski definition) is 8. The first-order chi connectivity index (χ1) is 11.3. The lowest BCUT2D eigenvalue weighted by Crippen LogP contribution is -2.43. The van der Waals surface area contributed by atoms with E-state index >= 15 is 0 Å². The predicted octanol–water partition coefficient (Wildman–Crippen LogP) is 0.344. The topological polar surface area (TPSA) is 97.4 Å². The van der Waals surface area contributed by atoms with Crippen molar-refractivity contribution < 1.29 is 38.1 Å². The number of carbonyl (C=O) groups excluding carboxylic acids is 3. The van der Waals surface area contributed by atoms with Crippen molar-refractivity contribution in [2.24, 2.45) is 0 Å². The Labute approximate surface area is 140 Å². The fourth-order valence-electron chi connectivity index (χ4n) is 1.82. The summed E-state index contributed by atoms with van der Waals surface area (Å²) in [5, 5.41) is 0. The van der Waals surface area contributed by atoms with Gasteiger partial charge in [-0.05, 0) is 12.2 Å². The number of hydrogen-bond donors (Lipinski definition) is 0. The van der Waals surface area contributed by atoms with Crippen molar-refractivity contribution in [1.82, 2.24) is 0 Å². The lowest BCUT2D eigenvalue weighted by Gasteiger charge is -2.32. The molecule has 1 rings (SSSR count). The van der Waals surface area contributed by atoms with E-state index in [9.17, 15) is 14.4 Å². The van der Waals surface area contributed by atoms with E-state index in [1.165, 1.54) is 26.8 Å². The fraction of sp³-hybridized carbons (Fsp3) is 0.562. The third-order valence-corrected chi connectivity index (χ3v) is 2.81. The van der Waals surface area contributed by atoms with Crippen molar-refractivity contribution >= 4 is 17.9 Å². The van der Waals surface area contributed by atoms with Crippen LogP contribution in [0.4, 0.5) is 0 Å². The molecule has 0 bridgehead atoms. The minimum atomic E-state index is -0.867. The Bertz CT molecular complexity index is 533. The van der Waals surface area contributed by atoms with Crippen LogP contribution in [-0.2, 0) is 38.1 Å². The highest BCUT2D eigenvalue weighted by atomic mass is 16.7. The van der Waals surface area contributed by atoms with Gasteiger partial charge in [0.25, 0.3) is 0 Å². The molecule has 2 unspecified atom stereocenters. The first-order valence-corrected chi connectivity index (χ1v) is 7.21. The minimum absolute atomic E-state index is 0.123. The van der Waals surface area contributed by atoms with Crippen molar-refractivity contribution in [1.29, 1.82) is 0 Å². The maximum atomic E-state index is 11.1. The van der Waals surface area contributed by atoms with Crippen molar-refractivity contribution in [2.75, 3.05) is 13.2 Å². The predicted molar refractivity (Wildman–Crippen MR) is 80.3 cm³/mol. The lowest BCUT2D eigenvalue weighted by molar-refractivity contribution is -0.207. The van der Waals surface area contributed by atoms with Crippen LogP contribution in [0, 0.1) is 12.3 Å². The largest absolute Gasteiger partial charge is 0.463 e. The maximum Gasteiger partial charge on any atom is 0.303 e. The molecule has 1 heterocycles. The van der Waals surface area contributed by atoms with E-state index in [1.807, 2.05) is 0 Å². The normalized spacial score (nSPS) is 23.7. The van der Waals surface area contributed by atoms with E-state index in [1.54, 1.807) is 6.08 Å². The number of rotatable bonds is 7. The smallest absolute Gasteiger partial charge is 0.303 e. The summed E-state index contributed by atoms with van der Waals surface area (Å²) in [6.45, 7) is 3.51. The van der Waals surface area contributed by atoms with Gasteiger partial charge in [-0.25, -0.2) is 0 Å². The zero-order valence-electron chi connectivity index (χ0n) is 13.7. The van der Waals surface area contributed by atoms with E-state index in [4.69, 9.17) is 30.1 Å². The number of ether oxygens (including phenoxy) is 5. The van der Waals surface area contributed by atoms with E-state index in [-0.39, 0.29) is 13.2 Å². The molecule has 8 nitrogen and oxygen atoms in total. The van der Waals surface area contributed by atoms with E-state index in [2.05, 4.69) is 5.92 Å². The van der Waals surface area contributed by atoms with Gasteiger partial charge in [-0.1, -0.05) is 5.92 Å². The molecule has 0 saturated carbocycles. The molecular formula is C16H20O8. The molecule has 0 radical (unpaired) electrons. The summed E-state index contributed by atoms with van der Waals surface area (Å²) in [6, 6.07) is 0. The molecular weight excluding hydrogens is 320 g/mol. The second-order valence-electron chi connectivity index (χ2n) is 4.90. The third kappa shape index (κ3) is 7.26. The van der Waals surface area contributed by atoms with E-state index in [0.717, 1.165) is 0 Å². The van der Waals surface area contributed by atoms with Crippen LogP contribution in [0.25, 0.3) is 0 Å². The molecule has 1 aliphatic heterocycles. The van der Waals surface area contributed by atoms with Crippen molar-refractivity contribution in [3.8, 4) is 12.3 Å². The summed E-state index contributed by atoms with van der Waals surface area (Å²) in [5.74, 6) is 0.845. The van der Waals surface area contributed by atoms with Gasteiger partial charge >= 0.3 is 17.9 Å². The maximum absolute atomic E-state index is 11.1. The highest BCUT2D eigenvalue weighted by molar-refractivity contribution is 5.67. The monoisotopic (exact) mass is 340 g/mol. The first kappa shape index (κ1) is 19.7.